The molecule has 2 fully saturated rings. The Balaban J connectivity index is 0.000000145. The third kappa shape index (κ3) is 24.8. The first-order valence-corrected chi connectivity index (χ1v) is 51.3. The number of ether oxygens (including phenoxy) is 4. The number of ketones is 1. The van der Waals surface area contributed by atoms with Crippen LogP contribution in [0.15, 0.2) is 176 Å². The number of rotatable bonds is 27. The van der Waals surface area contributed by atoms with Gasteiger partial charge in [-0.2, -0.15) is 41.0 Å². The molecule has 12 aromatic rings. The molecule has 0 spiro atoms. The van der Waals surface area contributed by atoms with Gasteiger partial charge in [0.05, 0.1) is 70.4 Å². The SMILES string of the molecule is C=C(O)C1CN(C(=O)N[C@@H]2CCCc3c(-c4noc(-c5ccc(OC(C)C)c(C#N)c5)n4)cccc32)C1.CC(=O)CS(=O)(=O)N[C@H]1CCCc2c(-c3noc(-c4ccc(OC(C)C)c(C#N)c4)n3)cccc21.CC(C)Oc1ccc(-c2nc(-c3cccc4c3CCC[C@H]4NC(=O)N3CCCC3)no2)cc1C#N.CC(C)Oc1ccc(-c2nc(-c3cccc4c3CCC[C@H]4NS(=O)(=O)CC(=O)N(C)C)no2)cc1C#N. The minimum absolute atomic E-state index is 0.0193. The Morgan fingerprint density at radius 2 is 0.715 bits per heavy atom. The Hall–Kier alpha value is -15.5. The van der Waals surface area contributed by atoms with Crippen molar-refractivity contribution in [3.63, 3.8) is 0 Å². The molecular weight excluding hydrogens is 1880 g/mol. The highest BCUT2D eigenvalue weighted by atomic mass is 32.2. The van der Waals surface area contributed by atoms with Gasteiger partial charge in [0.2, 0.25) is 49.3 Å². The number of carbonyl (C=O) groups is 4. The summed E-state index contributed by atoms with van der Waals surface area (Å²) in [7, 11) is -4.52. The molecule has 8 aromatic carbocycles. The first-order chi connectivity index (χ1) is 69.1. The van der Waals surface area contributed by atoms with E-state index >= 15 is 0 Å². The first-order valence-electron chi connectivity index (χ1n) is 48.0. The van der Waals surface area contributed by atoms with Crippen molar-refractivity contribution in [3.8, 4) is 139 Å². The molecule has 144 heavy (non-hydrogen) atoms. The lowest BCUT2D eigenvalue weighted by molar-refractivity contribution is -0.126. The summed E-state index contributed by atoms with van der Waals surface area (Å²) in [5, 5.41) is 70.8. The molecule has 6 heterocycles. The van der Waals surface area contributed by atoms with Gasteiger partial charge in [-0.3, -0.25) is 9.59 Å². The molecule has 0 saturated carbocycles. The number of benzene rings is 8. The number of aliphatic hydroxyl groups is 1. The maximum Gasteiger partial charge on any atom is 0.317 e. The van der Waals surface area contributed by atoms with E-state index in [-0.39, 0.29) is 72.0 Å². The number of nitrogens with zero attached hydrogens (tertiary/aromatic N) is 15. The monoisotopic (exact) mass is 1990 g/mol. The zero-order valence-electron chi connectivity index (χ0n) is 81.9. The van der Waals surface area contributed by atoms with Crippen LogP contribution in [0.5, 0.6) is 23.0 Å². The van der Waals surface area contributed by atoms with Crippen molar-refractivity contribution in [2.24, 2.45) is 5.92 Å². The smallest absolute Gasteiger partial charge is 0.317 e. The Bertz CT molecular complexity index is 7210. The number of aliphatic hydroxyl groups excluding tert-OH is 1. The first kappa shape index (κ1) is 103. The summed E-state index contributed by atoms with van der Waals surface area (Å²) >= 11 is 0. The minimum atomic E-state index is -3.82. The maximum atomic E-state index is 12.8. The topological polar surface area (TPSA) is 502 Å². The Labute approximate surface area is 835 Å². The van der Waals surface area contributed by atoms with Crippen LogP contribution in [0, 0.1) is 51.2 Å². The van der Waals surface area contributed by atoms with E-state index in [0.29, 0.717) is 129 Å². The number of Topliss-reactive ketones (excluding diaryl/α,β-unsaturated/α-hetero) is 1. The van der Waals surface area contributed by atoms with E-state index in [9.17, 15) is 62.2 Å². The molecule has 4 aliphatic carbocycles. The number of nitriles is 4. The van der Waals surface area contributed by atoms with Gasteiger partial charge in [-0.05, 0) is 270 Å². The highest BCUT2D eigenvalue weighted by Gasteiger charge is 2.38. The average molecular weight is 1990 g/mol. The molecular formula is C106H113N19O17S2. The molecule has 5 amide bonds. The zero-order valence-corrected chi connectivity index (χ0v) is 83.5. The lowest BCUT2D eigenvalue weighted by Gasteiger charge is -2.40. The van der Waals surface area contributed by atoms with E-state index in [4.69, 9.17) is 37.0 Å². The molecule has 2 aliphatic heterocycles. The summed E-state index contributed by atoms with van der Waals surface area (Å²) in [5.74, 6) is 2.96. The van der Waals surface area contributed by atoms with Crippen LogP contribution in [0.4, 0.5) is 9.59 Å². The second kappa shape index (κ2) is 45.6. The lowest BCUT2D eigenvalue weighted by atomic mass is 9.84. The van der Waals surface area contributed by atoms with E-state index in [1.165, 1.54) is 25.9 Å². The number of fused-ring (bicyclic) bond motifs is 4. The number of carbonyl (C=O) groups excluding carboxylic acids is 4. The van der Waals surface area contributed by atoms with Crippen LogP contribution >= 0.6 is 0 Å². The fourth-order valence-corrected chi connectivity index (χ4v) is 21.0. The van der Waals surface area contributed by atoms with Crippen LogP contribution in [-0.4, -0.2) is 177 Å². The number of likely N-dealkylation sites (tertiary alicyclic amines) is 2. The molecule has 18 rings (SSSR count). The van der Waals surface area contributed by atoms with Crippen molar-refractivity contribution in [2.75, 3.05) is 51.8 Å². The van der Waals surface area contributed by atoms with Crippen molar-refractivity contribution in [1.82, 2.24) is 75.3 Å². The largest absolute Gasteiger partial charge is 0.513 e. The van der Waals surface area contributed by atoms with Crippen molar-refractivity contribution in [3.05, 3.63) is 225 Å². The highest BCUT2D eigenvalue weighted by molar-refractivity contribution is 7.90. The van der Waals surface area contributed by atoms with Gasteiger partial charge < -0.3 is 67.5 Å². The number of urea groups is 2. The Kier molecular flexibility index (Phi) is 32.6. The van der Waals surface area contributed by atoms with Crippen molar-refractivity contribution >= 4 is 43.8 Å². The van der Waals surface area contributed by atoms with Crippen molar-refractivity contribution in [1.29, 1.82) is 21.0 Å². The molecule has 4 atom stereocenters. The number of aromatic nitrogens is 8. The van der Waals surface area contributed by atoms with Gasteiger partial charge in [0.25, 0.3) is 23.6 Å². The summed E-state index contributed by atoms with van der Waals surface area (Å²) in [4.78, 5) is 72.0. The van der Waals surface area contributed by atoms with Gasteiger partial charge in [-0.25, -0.2) is 35.9 Å². The van der Waals surface area contributed by atoms with E-state index in [2.05, 4.69) is 97.6 Å². The fraction of sp³-hybridized carbons (Fsp3) is 0.377. The number of hydrogen-bond donors (Lipinski definition) is 5. The molecule has 0 unspecified atom stereocenters. The predicted octanol–water partition coefficient (Wildman–Crippen LogP) is 17.8. The van der Waals surface area contributed by atoms with E-state index in [1.54, 1.807) is 71.6 Å². The minimum Gasteiger partial charge on any atom is -0.513 e. The highest BCUT2D eigenvalue weighted by Crippen LogP contribution is 2.44. The Morgan fingerprint density at radius 3 is 0.993 bits per heavy atom. The summed E-state index contributed by atoms with van der Waals surface area (Å²) in [6.45, 7) is 22.6. The van der Waals surface area contributed by atoms with Crippen LogP contribution in [0.25, 0.3) is 91.4 Å². The molecule has 4 aromatic heterocycles. The van der Waals surface area contributed by atoms with E-state index in [1.807, 2.05) is 133 Å². The number of amides is 5. The van der Waals surface area contributed by atoms with Gasteiger partial charge in [0.1, 0.15) is 64.6 Å². The van der Waals surface area contributed by atoms with Gasteiger partial charge in [0, 0.05) is 96.9 Å². The van der Waals surface area contributed by atoms with E-state index in [0.717, 1.165) is 157 Å². The molecule has 36 nitrogen and oxygen atoms in total. The summed E-state index contributed by atoms with van der Waals surface area (Å²) in [5.41, 5.74) is 15.3. The molecule has 0 radical (unpaired) electrons. The van der Waals surface area contributed by atoms with Crippen LogP contribution < -0.4 is 39.0 Å². The summed E-state index contributed by atoms with van der Waals surface area (Å²) < 4.78 is 100. The molecule has 746 valence electrons. The van der Waals surface area contributed by atoms with Crippen LogP contribution in [0.2, 0.25) is 0 Å². The zero-order chi connectivity index (χ0) is 102. The number of hydrogen-bond acceptors (Lipinski definition) is 29. The lowest BCUT2D eigenvalue weighted by Crippen LogP contribution is -2.54. The van der Waals surface area contributed by atoms with Gasteiger partial charge in [-0.15, -0.1) is 0 Å². The third-order valence-electron chi connectivity index (χ3n) is 25.0. The van der Waals surface area contributed by atoms with Crippen molar-refractivity contribution < 1.29 is 78.2 Å². The van der Waals surface area contributed by atoms with Gasteiger partial charge in [0.15, 0.2) is 0 Å². The Morgan fingerprint density at radius 1 is 0.431 bits per heavy atom. The average Bonchev–Trinajstić information content (AvgIpc) is 1.62. The maximum absolute atomic E-state index is 12.8. The third-order valence-corrected chi connectivity index (χ3v) is 27.7. The van der Waals surface area contributed by atoms with E-state index < -0.39 is 55.3 Å². The second-order valence-corrected chi connectivity index (χ2v) is 40.9. The van der Waals surface area contributed by atoms with Crippen LogP contribution in [0.1, 0.15) is 217 Å². The van der Waals surface area contributed by atoms with Crippen molar-refractivity contribution in [2.45, 2.75) is 201 Å². The molecule has 0 bridgehead atoms. The molecule has 5 N–H and O–H groups in total. The second-order valence-electron chi connectivity index (χ2n) is 37.4. The summed E-state index contributed by atoms with van der Waals surface area (Å²) in [6, 6.07) is 51.4. The number of sulfonamides is 2. The van der Waals surface area contributed by atoms with Gasteiger partial charge in [-0.1, -0.05) is 100 Å². The fourth-order valence-electron chi connectivity index (χ4n) is 18.3. The molecule has 38 heteroatoms. The van der Waals surface area contributed by atoms with Gasteiger partial charge >= 0.3 is 12.1 Å². The molecule has 6 aliphatic rings. The predicted molar refractivity (Wildman–Crippen MR) is 533 cm³/mol. The quantitative estimate of drug-likeness (QED) is 0.0298. The van der Waals surface area contributed by atoms with Crippen LogP contribution in [0.3, 0.4) is 0 Å². The summed E-state index contributed by atoms with van der Waals surface area (Å²) in [6.07, 6.45) is 11.5. The number of nitrogens with one attached hydrogen (secondary N) is 4. The normalized spacial score (nSPS) is 16.2. The van der Waals surface area contributed by atoms with Crippen LogP contribution in [-0.2, 0) is 55.3 Å². The standard InChI is InChI=1S/C28H29N5O4.C27H29N5O3.C26H29N5O5S.C25H26N4O5S/c1-16(2)36-25-11-10-18(12-19(25)13-29)27-31-26(32-37-27)23-8-4-7-22-21(23)6-5-9-24(22)30-28(35)33-14-20(15-33)17(3)34;1-17(2)34-24-12-11-18(15-19(24)16-28)26-30-25(31-35-26)22-9-5-8-21-20(22)7-6-10-23(21)29-27(33)32-13-3-4-14-32;1-16(2)35-23-12-11-17(13-18(23)14-27)26-28-25(29-36-26)21-9-5-8-20-19(21)7-6-10-22(20)30-37(33,34)15-24(32)31(3)4;1-15(2)33-23-11-10-17(12-18(23)13-26)25-27-24(28-34-25)21-8-4-7-20-19(21)6-5-9-22(20)29-35(31,32)14-16(3)30/h4,7-8,10-12,16,20,24,34H,3,5-6,9,14-15H2,1-2H3,(H,30,35);5,8-9,11-12,15,17,23H,3-4,6-7,10,13-14H2,1-2H3,(H,29,33);5,8-9,11-13,16,22,30H,6-7,10,15H2,1-4H3;4,7-8,10-12,15,22,29H,5-6,9,14H2,1-3H3/t24-;23-;2*22-/m1110/s1. The molecule has 2 saturated heterocycles.